The van der Waals surface area contributed by atoms with Crippen LogP contribution in [0, 0.1) is 6.92 Å². The zero-order chi connectivity index (χ0) is 21.6. The summed E-state index contributed by atoms with van der Waals surface area (Å²) in [7, 11) is 0. The highest BCUT2D eigenvalue weighted by atomic mass is 15.1. The van der Waals surface area contributed by atoms with E-state index in [0.29, 0.717) is 0 Å². The largest absolute Gasteiger partial charge is 0.337 e. The first kappa shape index (κ1) is 19.7. The van der Waals surface area contributed by atoms with Crippen molar-refractivity contribution in [3.63, 3.8) is 0 Å². The zero-order valence-electron chi connectivity index (χ0n) is 18.5. The summed E-state index contributed by atoms with van der Waals surface area (Å²) in [6.07, 6.45) is 9.46. The van der Waals surface area contributed by atoms with Crippen LogP contribution >= 0.6 is 0 Å². The summed E-state index contributed by atoms with van der Waals surface area (Å²) in [6, 6.07) is 8.06. The van der Waals surface area contributed by atoms with Crippen LogP contribution in [0.5, 0.6) is 0 Å². The average molecular weight is 413 g/mol. The second-order valence-electron chi connectivity index (χ2n) is 9.33. The number of rotatable bonds is 4. The zero-order valence-corrected chi connectivity index (χ0v) is 18.5. The van der Waals surface area contributed by atoms with Gasteiger partial charge in [0.15, 0.2) is 5.82 Å². The van der Waals surface area contributed by atoms with Crippen LogP contribution in [0.3, 0.4) is 0 Å². The lowest BCUT2D eigenvalue weighted by atomic mass is 9.88. The SMILES string of the molecule is Cc1c(CNC(C)(C)C)cncc1C1C=c2c(-c3nc4ccccc4[nH]3)n[nH]c2=CC1. The smallest absolute Gasteiger partial charge is 0.159 e. The van der Waals surface area contributed by atoms with E-state index in [1.54, 1.807) is 0 Å². The molecule has 0 saturated heterocycles. The molecule has 0 bridgehead atoms. The molecular weight excluding hydrogens is 384 g/mol. The molecule has 0 radical (unpaired) electrons. The van der Waals surface area contributed by atoms with Crippen LogP contribution in [0.2, 0.25) is 0 Å². The predicted molar refractivity (Wildman–Crippen MR) is 125 cm³/mol. The van der Waals surface area contributed by atoms with Gasteiger partial charge < -0.3 is 10.3 Å². The predicted octanol–water partition coefficient (Wildman–Crippen LogP) is 3.29. The Balaban J connectivity index is 1.53. The van der Waals surface area contributed by atoms with Gasteiger partial charge in [-0.15, -0.1) is 0 Å². The second kappa shape index (κ2) is 7.46. The Morgan fingerprint density at radius 1 is 1.16 bits per heavy atom. The molecule has 31 heavy (non-hydrogen) atoms. The molecular formula is C25H28N6. The number of H-pyrrole nitrogens is 2. The van der Waals surface area contributed by atoms with E-state index < -0.39 is 0 Å². The van der Waals surface area contributed by atoms with Gasteiger partial charge in [-0.2, -0.15) is 5.10 Å². The van der Waals surface area contributed by atoms with Crippen LogP contribution in [0.15, 0.2) is 36.7 Å². The first-order chi connectivity index (χ1) is 14.9. The van der Waals surface area contributed by atoms with Crippen molar-refractivity contribution in [1.29, 1.82) is 0 Å². The first-order valence-electron chi connectivity index (χ1n) is 10.8. The molecule has 6 nitrogen and oxygen atoms in total. The number of imidazole rings is 1. The van der Waals surface area contributed by atoms with Gasteiger partial charge in [0.2, 0.25) is 0 Å². The van der Waals surface area contributed by atoms with Crippen molar-refractivity contribution in [2.75, 3.05) is 0 Å². The minimum atomic E-state index is 0.0698. The molecule has 3 heterocycles. The van der Waals surface area contributed by atoms with Crippen molar-refractivity contribution in [2.24, 2.45) is 0 Å². The number of nitrogens with zero attached hydrogens (tertiary/aromatic N) is 3. The summed E-state index contributed by atoms with van der Waals surface area (Å²) in [4.78, 5) is 12.7. The first-order valence-corrected chi connectivity index (χ1v) is 10.8. The number of hydrogen-bond donors (Lipinski definition) is 3. The summed E-state index contributed by atoms with van der Waals surface area (Å²) in [5.74, 6) is 1.05. The van der Waals surface area contributed by atoms with Crippen LogP contribution < -0.4 is 15.9 Å². The Kier molecular flexibility index (Phi) is 4.74. The number of aromatic amines is 2. The molecule has 0 amide bonds. The van der Waals surface area contributed by atoms with Gasteiger partial charge in [0.05, 0.1) is 16.4 Å². The lowest BCUT2D eigenvalue weighted by molar-refractivity contribution is 0.423. The van der Waals surface area contributed by atoms with Crippen molar-refractivity contribution < 1.29 is 0 Å². The lowest BCUT2D eigenvalue weighted by Gasteiger charge is -2.23. The molecule has 6 heteroatoms. The summed E-state index contributed by atoms with van der Waals surface area (Å²) < 4.78 is 0. The Labute approximate surface area is 181 Å². The maximum absolute atomic E-state index is 4.75. The number of pyridine rings is 1. The second-order valence-corrected chi connectivity index (χ2v) is 9.33. The third-order valence-electron chi connectivity index (χ3n) is 5.96. The third-order valence-corrected chi connectivity index (χ3v) is 5.96. The number of nitrogens with one attached hydrogen (secondary N) is 3. The molecule has 0 fully saturated rings. The van der Waals surface area contributed by atoms with E-state index in [2.05, 4.69) is 65.3 Å². The van der Waals surface area contributed by atoms with E-state index in [0.717, 1.165) is 46.1 Å². The normalized spacial score (nSPS) is 16.1. The summed E-state index contributed by atoms with van der Waals surface area (Å²) >= 11 is 0. The summed E-state index contributed by atoms with van der Waals surface area (Å²) in [6.45, 7) is 9.57. The van der Waals surface area contributed by atoms with Crippen LogP contribution in [0.1, 0.15) is 49.8 Å². The monoisotopic (exact) mass is 412 g/mol. The van der Waals surface area contributed by atoms with Gasteiger partial charge in [-0.3, -0.25) is 10.1 Å². The molecule has 0 spiro atoms. The van der Waals surface area contributed by atoms with E-state index in [1.807, 2.05) is 36.7 Å². The van der Waals surface area contributed by atoms with Crippen LogP contribution in [-0.4, -0.2) is 30.7 Å². The molecule has 4 aromatic rings. The summed E-state index contributed by atoms with van der Waals surface area (Å²) in [5.41, 5.74) is 6.72. The molecule has 1 aromatic carbocycles. The topological polar surface area (TPSA) is 82.3 Å². The molecule has 0 aliphatic heterocycles. The molecule has 158 valence electrons. The lowest BCUT2D eigenvalue weighted by Crippen LogP contribution is -2.35. The van der Waals surface area contributed by atoms with E-state index in [4.69, 9.17) is 4.98 Å². The van der Waals surface area contributed by atoms with Crippen molar-refractivity contribution in [3.8, 4) is 11.5 Å². The van der Waals surface area contributed by atoms with E-state index in [1.165, 1.54) is 16.7 Å². The highest BCUT2D eigenvalue weighted by Gasteiger charge is 2.19. The molecule has 1 aliphatic rings. The number of hydrogen-bond acceptors (Lipinski definition) is 4. The van der Waals surface area contributed by atoms with Crippen molar-refractivity contribution >= 4 is 23.2 Å². The fourth-order valence-electron chi connectivity index (χ4n) is 4.16. The van der Waals surface area contributed by atoms with Gasteiger partial charge in [-0.25, -0.2) is 4.98 Å². The highest BCUT2D eigenvalue weighted by Crippen LogP contribution is 2.28. The minimum absolute atomic E-state index is 0.0698. The molecule has 3 aromatic heterocycles. The van der Waals surface area contributed by atoms with Crippen molar-refractivity contribution in [2.45, 2.75) is 52.1 Å². The van der Waals surface area contributed by atoms with E-state index in [-0.39, 0.29) is 11.5 Å². The van der Waals surface area contributed by atoms with E-state index >= 15 is 0 Å². The fraction of sp³-hybridized carbons (Fsp3) is 0.320. The van der Waals surface area contributed by atoms with Gasteiger partial charge in [0.1, 0.15) is 5.69 Å². The molecule has 1 aliphatic carbocycles. The standard InChI is InChI=1S/C25H28N6/c1-15-17(13-27-25(2,3)4)12-26-14-19(15)16-9-10-20-18(11-16)23(31-30-20)24-28-21-7-5-6-8-22(21)29-24/h5-8,10-12,14,16,27,30H,9,13H2,1-4H3,(H,28,29). The van der Waals surface area contributed by atoms with Gasteiger partial charge in [-0.1, -0.05) is 24.3 Å². The van der Waals surface area contributed by atoms with Crippen LogP contribution in [0.4, 0.5) is 0 Å². The Morgan fingerprint density at radius 3 is 2.81 bits per heavy atom. The fourth-order valence-corrected chi connectivity index (χ4v) is 4.16. The average Bonchev–Trinajstić information content (AvgIpc) is 3.35. The van der Waals surface area contributed by atoms with Gasteiger partial charge in [0, 0.05) is 35.6 Å². The van der Waals surface area contributed by atoms with Gasteiger partial charge in [0.25, 0.3) is 0 Å². The van der Waals surface area contributed by atoms with Crippen LogP contribution in [-0.2, 0) is 6.54 Å². The Bertz CT molecular complexity index is 1340. The Morgan fingerprint density at radius 2 is 2.00 bits per heavy atom. The molecule has 0 saturated carbocycles. The van der Waals surface area contributed by atoms with Crippen molar-refractivity contribution in [1.82, 2.24) is 30.5 Å². The number of benzene rings is 1. The van der Waals surface area contributed by atoms with Gasteiger partial charge in [-0.05, 0) is 62.9 Å². The quantitative estimate of drug-likeness (QED) is 0.480. The maximum atomic E-state index is 4.75. The molecule has 1 unspecified atom stereocenters. The van der Waals surface area contributed by atoms with Gasteiger partial charge >= 0.3 is 0 Å². The number of para-hydroxylation sites is 2. The van der Waals surface area contributed by atoms with Crippen LogP contribution in [0.25, 0.3) is 34.7 Å². The minimum Gasteiger partial charge on any atom is -0.337 e. The third kappa shape index (κ3) is 3.79. The molecule has 1 atom stereocenters. The van der Waals surface area contributed by atoms with Crippen molar-refractivity contribution in [3.05, 3.63) is 63.9 Å². The maximum Gasteiger partial charge on any atom is 0.159 e. The highest BCUT2D eigenvalue weighted by molar-refractivity contribution is 5.78. The molecule has 5 rings (SSSR count). The Hall–Kier alpha value is -3.25. The number of fused-ring (bicyclic) bond motifs is 2. The molecule has 3 N–H and O–H groups in total. The summed E-state index contributed by atoms with van der Waals surface area (Å²) in [5, 5.41) is 13.5. The number of aromatic nitrogens is 5. The van der Waals surface area contributed by atoms with E-state index in [9.17, 15) is 0 Å².